The minimum absolute atomic E-state index is 0.0506. The number of hydrogen-bond donors (Lipinski definition) is 1. The van der Waals surface area contributed by atoms with Crippen molar-refractivity contribution in [3.63, 3.8) is 0 Å². The molecule has 1 N–H and O–H groups in total. The van der Waals surface area contributed by atoms with Gasteiger partial charge in [0.2, 0.25) is 6.79 Å². The van der Waals surface area contributed by atoms with Crippen LogP contribution in [0.5, 0.6) is 11.5 Å². The highest BCUT2D eigenvalue weighted by Crippen LogP contribution is 2.52. The van der Waals surface area contributed by atoms with Gasteiger partial charge in [-0.2, -0.15) is 0 Å². The molecule has 1 saturated heterocycles. The second-order valence-corrected chi connectivity index (χ2v) is 16.9. The minimum Gasteiger partial charge on any atom is -0.465 e. The maximum atomic E-state index is 13.3. The highest BCUT2D eigenvalue weighted by atomic mass is 28.4. The van der Waals surface area contributed by atoms with Gasteiger partial charge in [0.1, 0.15) is 12.2 Å². The lowest BCUT2D eigenvalue weighted by Gasteiger charge is -2.52. The Morgan fingerprint density at radius 2 is 1.78 bits per heavy atom. The number of benzene rings is 1. The van der Waals surface area contributed by atoms with Crippen LogP contribution in [0.25, 0.3) is 0 Å². The second-order valence-electron chi connectivity index (χ2n) is 12.2. The molecule has 0 spiro atoms. The molecule has 2 fully saturated rings. The molecule has 0 aromatic heterocycles. The molecule has 0 radical (unpaired) electrons. The summed E-state index contributed by atoms with van der Waals surface area (Å²) >= 11 is 0. The molecule has 1 amide bonds. The molecular formula is C26H37NO8Si. The monoisotopic (exact) mass is 519 g/mol. The SMILES string of the molecule is CC(=O)OC[C@H]1[C@H](O[Si](C)(C)C(C)(C)C)[C@H]2OC(C)(C)O[C@H]2[C@@H]2NC(=O)c3cc4c(cc3[C@@H]12)OCO4. The van der Waals surface area contributed by atoms with E-state index in [2.05, 4.69) is 39.2 Å². The fraction of sp³-hybridized carbons (Fsp3) is 0.692. The first-order chi connectivity index (χ1) is 16.7. The lowest BCUT2D eigenvalue weighted by Crippen LogP contribution is -2.66. The molecule has 0 unspecified atom stereocenters. The van der Waals surface area contributed by atoms with Gasteiger partial charge in [-0.1, -0.05) is 20.8 Å². The number of carbonyl (C=O) groups is 2. The fourth-order valence-electron chi connectivity index (χ4n) is 5.61. The summed E-state index contributed by atoms with van der Waals surface area (Å²) in [5.41, 5.74) is 1.34. The molecular weight excluding hydrogens is 482 g/mol. The molecule has 5 rings (SSSR count). The van der Waals surface area contributed by atoms with Crippen LogP contribution in [-0.2, 0) is 23.4 Å². The Kier molecular flexibility index (Phi) is 5.98. The maximum absolute atomic E-state index is 13.3. The van der Waals surface area contributed by atoms with Crippen LogP contribution in [0.1, 0.15) is 63.4 Å². The molecule has 3 aliphatic heterocycles. The summed E-state index contributed by atoms with van der Waals surface area (Å²) in [6, 6.07) is 3.23. The van der Waals surface area contributed by atoms with Crippen molar-refractivity contribution in [1.29, 1.82) is 0 Å². The predicted molar refractivity (Wildman–Crippen MR) is 133 cm³/mol. The highest BCUT2D eigenvalue weighted by Gasteiger charge is 2.62. The molecule has 3 heterocycles. The number of fused-ring (bicyclic) bond motifs is 6. The van der Waals surface area contributed by atoms with Gasteiger partial charge in [-0.15, -0.1) is 0 Å². The number of hydrogen-bond acceptors (Lipinski definition) is 8. The third-order valence-electron chi connectivity index (χ3n) is 8.27. The molecule has 10 heteroatoms. The fourth-order valence-corrected chi connectivity index (χ4v) is 6.95. The molecule has 1 aliphatic carbocycles. The van der Waals surface area contributed by atoms with Crippen LogP contribution in [0.15, 0.2) is 12.1 Å². The van der Waals surface area contributed by atoms with Gasteiger partial charge in [0, 0.05) is 24.3 Å². The Morgan fingerprint density at radius 1 is 1.14 bits per heavy atom. The molecule has 1 saturated carbocycles. The van der Waals surface area contributed by atoms with E-state index in [1.807, 2.05) is 19.9 Å². The van der Waals surface area contributed by atoms with Gasteiger partial charge in [0.15, 0.2) is 25.6 Å². The number of carbonyl (C=O) groups excluding carboxylic acids is 2. The van der Waals surface area contributed by atoms with Crippen molar-refractivity contribution in [2.45, 2.75) is 95.7 Å². The van der Waals surface area contributed by atoms with Gasteiger partial charge in [-0.05, 0) is 49.7 Å². The van der Waals surface area contributed by atoms with Gasteiger partial charge in [0.05, 0.1) is 18.8 Å². The number of ether oxygens (including phenoxy) is 5. The molecule has 9 nitrogen and oxygen atoms in total. The Morgan fingerprint density at radius 3 is 2.42 bits per heavy atom. The van der Waals surface area contributed by atoms with E-state index in [0.29, 0.717) is 17.1 Å². The zero-order chi connectivity index (χ0) is 26.2. The van der Waals surface area contributed by atoms with Gasteiger partial charge in [-0.25, -0.2) is 0 Å². The first-order valence-electron chi connectivity index (χ1n) is 12.6. The zero-order valence-electron chi connectivity index (χ0n) is 22.3. The normalized spacial score (nSPS) is 32.3. The number of nitrogens with one attached hydrogen (secondary N) is 1. The molecule has 36 heavy (non-hydrogen) atoms. The van der Waals surface area contributed by atoms with E-state index in [1.165, 1.54) is 6.92 Å². The third kappa shape index (κ3) is 4.21. The van der Waals surface area contributed by atoms with E-state index in [9.17, 15) is 9.59 Å². The summed E-state index contributed by atoms with van der Waals surface area (Å²) in [5.74, 6) is -0.817. The van der Waals surface area contributed by atoms with Crippen molar-refractivity contribution in [3.8, 4) is 11.5 Å². The maximum Gasteiger partial charge on any atom is 0.302 e. The first kappa shape index (κ1) is 25.5. The standard InChI is InChI=1S/C26H37NO8Si/c1-13(28)30-11-16-19-14-9-17-18(32-12-31-17)10-15(14)24(29)27-20(19)22-23(34-26(5,6)33-22)21(16)35-36(7,8)25(2,3)4/h9-10,16,19-23H,11-12H2,1-8H3,(H,27,29)/t16-,19+,20-,21+,22+,23-/m1/s1. The summed E-state index contributed by atoms with van der Waals surface area (Å²) in [5, 5.41) is 3.13. The number of esters is 1. The summed E-state index contributed by atoms with van der Waals surface area (Å²) in [6.07, 6.45) is -1.28. The molecule has 4 aliphatic rings. The quantitative estimate of drug-likeness (QED) is 0.475. The molecule has 0 bridgehead atoms. The Bertz CT molecular complexity index is 1080. The van der Waals surface area contributed by atoms with E-state index in [1.54, 1.807) is 6.07 Å². The van der Waals surface area contributed by atoms with Crippen molar-refractivity contribution in [1.82, 2.24) is 5.32 Å². The highest BCUT2D eigenvalue weighted by molar-refractivity contribution is 6.74. The van der Waals surface area contributed by atoms with Gasteiger partial charge in [-0.3, -0.25) is 9.59 Å². The molecule has 1 aromatic carbocycles. The average molecular weight is 520 g/mol. The van der Waals surface area contributed by atoms with Crippen molar-refractivity contribution in [3.05, 3.63) is 23.3 Å². The van der Waals surface area contributed by atoms with E-state index < -0.39 is 38.5 Å². The Balaban J connectivity index is 1.65. The summed E-state index contributed by atoms with van der Waals surface area (Å²) in [6.45, 7) is 16.4. The lowest BCUT2D eigenvalue weighted by molar-refractivity contribution is -0.159. The topological polar surface area (TPSA) is 102 Å². The minimum atomic E-state index is -2.28. The second kappa shape index (κ2) is 8.44. The predicted octanol–water partition coefficient (Wildman–Crippen LogP) is 3.71. The Hall–Kier alpha value is -2.14. The average Bonchev–Trinajstić information content (AvgIpc) is 3.34. The van der Waals surface area contributed by atoms with Crippen molar-refractivity contribution < 1.29 is 37.7 Å². The first-order valence-corrected chi connectivity index (χ1v) is 15.5. The smallest absolute Gasteiger partial charge is 0.302 e. The summed E-state index contributed by atoms with van der Waals surface area (Å²) in [7, 11) is -2.28. The van der Waals surface area contributed by atoms with Crippen molar-refractivity contribution in [2.24, 2.45) is 5.92 Å². The van der Waals surface area contributed by atoms with Gasteiger partial charge >= 0.3 is 5.97 Å². The van der Waals surface area contributed by atoms with E-state index in [-0.39, 0.29) is 42.2 Å². The van der Waals surface area contributed by atoms with Crippen LogP contribution in [-0.4, -0.2) is 63.7 Å². The van der Waals surface area contributed by atoms with Crippen LogP contribution in [0.4, 0.5) is 0 Å². The van der Waals surface area contributed by atoms with Crippen molar-refractivity contribution >= 4 is 20.2 Å². The molecule has 6 atom stereocenters. The largest absolute Gasteiger partial charge is 0.465 e. The molecule has 198 valence electrons. The van der Waals surface area contributed by atoms with Crippen molar-refractivity contribution in [2.75, 3.05) is 13.4 Å². The van der Waals surface area contributed by atoms with Gasteiger partial charge < -0.3 is 33.4 Å². The molecule has 1 aromatic rings. The van der Waals surface area contributed by atoms with Crippen LogP contribution in [0, 0.1) is 5.92 Å². The van der Waals surface area contributed by atoms with E-state index in [0.717, 1.165) is 5.56 Å². The van der Waals surface area contributed by atoms with Crippen LogP contribution < -0.4 is 14.8 Å². The summed E-state index contributed by atoms with van der Waals surface area (Å²) < 4.78 is 36.7. The Labute approximate surface area is 213 Å². The lowest BCUT2D eigenvalue weighted by atomic mass is 9.66. The van der Waals surface area contributed by atoms with Crippen LogP contribution in [0.2, 0.25) is 18.1 Å². The van der Waals surface area contributed by atoms with E-state index in [4.69, 9.17) is 28.1 Å². The summed E-state index contributed by atoms with van der Waals surface area (Å²) in [4.78, 5) is 25.3. The van der Waals surface area contributed by atoms with Crippen LogP contribution >= 0.6 is 0 Å². The van der Waals surface area contributed by atoms with Crippen LogP contribution in [0.3, 0.4) is 0 Å². The number of rotatable bonds is 4. The van der Waals surface area contributed by atoms with Gasteiger partial charge in [0.25, 0.3) is 5.91 Å². The third-order valence-corrected chi connectivity index (χ3v) is 12.7. The van der Waals surface area contributed by atoms with E-state index >= 15 is 0 Å². The zero-order valence-corrected chi connectivity index (χ0v) is 23.3. The number of amides is 1.